The number of rotatable bonds is 6. The number of ether oxygens (including phenoxy) is 2. The van der Waals surface area contributed by atoms with Crippen LogP contribution >= 0.6 is 0 Å². The average Bonchev–Trinajstić information content (AvgIpc) is 3.16. The van der Waals surface area contributed by atoms with Crippen LogP contribution in [0.3, 0.4) is 0 Å². The zero-order valence-corrected chi connectivity index (χ0v) is 16.2. The molecule has 3 aromatic carbocycles. The Balaban J connectivity index is 2.15. The Morgan fingerprint density at radius 2 is 1.43 bits per heavy atom. The van der Waals surface area contributed by atoms with Crippen LogP contribution in [0.15, 0.2) is 66.7 Å². The molecule has 3 N–H and O–H groups in total. The van der Waals surface area contributed by atoms with Crippen molar-refractivity contribution in [3.05, 3.63) is 72.3 Å². The van der Waals surface area contributed by atoms with Gasteiger partial charge >= 0.3 is 0 Å². The van der Waals surface area contributed by atoms with Crippen molar-refractivity contribution in [1.29, 1.82) is 0 Å². The highest BCUT2D eigenvalue weighted by atomic mass is 16.5. The summed E-state index contributed by atoms with van der Waals surface area (Å²) >= 11 is 0. The van der Waals surface area contributed by atoms with Crippen LogP contribution in [0, 0.1) is 0 Å². The predicted molar refractivity (Wildman–Crippen MR) is 115 cm³/mol. The van der Waals surface area contributed by atoms with Gasteiger partial charge in [-0.3, -0.25) is 0 Å². The fraction of sp³-hybridized carbons (Fsp3) is 0.167. The summed E-state index contributed by atoms with van der Waals surface area (Å²) in [4.78, 5) is 3.67. The van der Waals surface area contributed by atoms with E-state index in [1.54, 1.807) is 14.2 Å². The molecule has 0 saturated heterocycles. The predicted octanol–water partition coefficient (Wildman–Crippen LogP) is 5.02. The van der Waals surface area contributed by atoms with E-state index in [1.165, 1.54) is 0 Å². The van der Waals surface area contributed by atoms with Crippen LogP contribution in [-0.2, 0) is 6.42 Å². The summed E-state index contributed by atoms with van der Waals surface area (Å²) in [7, 11) is 3.38. The van der Waals surface area contributed by atoms with Gasteiger partial charge in [0, 0.05) is 17.2 Å². The fourth-order valence-electron chi connectivity index (χ4n) is 3.82. The first-order valence-electron chi connectivity index (χ1n) is 9.39. The third-order valence-electron chi connectivity index (χ3n) is 5.07. The molecule has 4 nitrogen and oxygen atoms in total. The van der Waals surface area contributed by atoms with E-state index in [0.717, 1.165) is 50.3 Å². The van der Waals surface area contributed by atoms with Gasteiger partial charge < -0.3 is 20.2 Å². The molecule has 1 heterocycles. The highest BCUT2D eigenvalue weighted by Crippen LogP contribution is 2.46. The largest absolute Gasteiger partial charge is 0.496 e. The van der Waals surface area contributed by atoms with E-state index < -0.39 is 0 Å². The summed E-state index contributed by atoms with van der Waals surface area (Å²) in [6.07, 6.45) is 0.715. The molecule has 0 unspecified atom stereocenters. The van der Waals surface area contributed by atoms with E-state index in [-0.39, 0.29) is 0 Å². The van der Waals surface area contributed by atoms with Crippen LogP contribution in [-0.4, -0.2) is 25.7 Å². The quantitative estimate of drug-likeness (QED) is 0.499. The molecular weight excluding hydrogens is 348 g/mol. The monoisotopic (exact) mass is 372 g/mol. The van der Waals surface area contributed by atoms with Crippen molar-refractivity contribution in [1.82, 2.24) is 4.98 Å². The van der Waals surface area contributed by atoms with E-state index in [4.69, 9.17) is 15.2 Å². The Labute approximate surface area is 164 Å². The van der Waals surface area contributed by atoms with E-state index in [9.17, 15) is 0 Å². The third kappa shape index (κ3) is 3.02. The molecule has 0 bridgehead atoms. The molecule has 4 heteroatoms. The minimum absolute atomic E-state index is 0.540. The summed E-state index contributed by atoms with van der Waals surface area (Å²) in [6.45, 7) is 0.540. The minimum atomic E-state index is 0.540. The molecule has 4 aromatic rings. The molecule has 0 atom stereocenters. The van der Waals surface area contributed by atoms with Crippen LogP contribution in [0.2, 0.25) is 0 Å². The second-order valence-corrected chi connectivity index (χ2v) is 6.66. The second kappa shape index (κ2) is 7.79. The SMILES string of the molecule is COc1cc(OC)c2c(-c3ccccc3)c(-c3ccccc3)[nH]c2c1CCN. The second-order valence-electron chi connectivity index (χ2n) is 6.66. The van der Waals surface area contributed by atoms with Crippen molar-refractivity contribution in [3.8, 4) is 33.9 Å². The molecule has 0 aliphatic carbocycles. The lowest BCUT2D eigenvalue weighted by molar-refractivity contribution is 0.395. The lowest BCUT2D eigenvalue weighted by Gasteiger charge is -2.13. The van der Waals surface area contributed by atoms with Crippen LogP contribution in [0.25, 0.3) is 33.3 Å². The number of benzene rings is 3. The zero-order chi connectivity index (χ0) is 19.5. The summed E-state index contributed by atoms with van der Waals surface area (Å²) in [6, 6.07) is 22.7. The van der Waals surface area contributed by atoms with Gasteiger partial charge in [0.1, 0.15) is 11.5 Å². The van der Waals surface area contributed by atoms with E-state index >= 15 is 0 Å². The maximum absolute atomic E-state index is 5.91. The Bertz CT molecular complexity index is 1090. The van der Waals surface area contributed by atoms with E-state index in [0.29, 0.717) is 13.0 Å². The summed E-state index contributed by atoms with van der Waals surface area (Å²) in [5, 5.41) is 1.05. The van der Waals surface area contributed by atoms with Crippen molar-refractivity contribution in [2.24, 2.45) is 5.73 Å². The summed E-state index contributed by atoms with van der Waals surface area (Å²) < 4.78 is 11.4. The van der Waals surface area contributed by atoms with Crippen LogP contribution in [0.1, 0.15) is 5.56 Å². The summed E-state index contributed by atoms with van der Waals surface area (Å²) in [5.74, 6) is 1.57. The molecule has 0 amide bonds. The highest BCUT2D eigenvalue weighted by molar-refractivity contribution is 6.08. The molecule has 4 rings (SSSR count). The zero-order valence-electron chi connectivity index (χ0n) is 16.2. The van der Waals surface area contributed by atoms with Crippen molar-refractivity contribution >= 4 is 10.9 Å². The van der Waals surface area contributed by atoms with Gasteiger partial charge in [0.15, 0.2) is 0 Å². The van der Waals surface area contributed by atoms with Gasteiger partial charge in [-0.25, -0.2) is 0 Å². The molecule has 142 valence electrons. The number of methoxy groups -OCH3 is 2. The number of nitrogens with one attached hydrogen (secondary N) is 1. The standard InChI is InChI=1S/C24H24N2O2/c1-27-19-15-20(28-2)22-21(16-9-5-3-6-10-16)23(17-11-7-4-8-12-17)26-24(22)18(19)13-14-25/h3-12,15,26H,13-14,25H2,1-2H3. The maximum Gasteiger partial charge on any atom is 0.132 e. The van der Waals surface area contributed by atoms with Gasteiger partial charge in [0.05, 0.1) is 30.8 Å². The lowest BCUT2D eigenvalue weighted by atomic mass is 9.96. The Hall–Kier alpha value is -3.24. The molecule has 0 aliphatic heterocycles. The normalized spacial score (nSPS) is 11.0. The number of aromatic amines is 1. The summed E-state index contributed by atoms with van der Waals surface area (Å²) in [5.41, 5.74) is 12.4. The first-order valence-corrected chi connectivity index (χ1v) is 9.39. The number of nitrogens with two attached hydrogens (primary N) is 1. The molecule has 0 aliphatic rings. The number of hydrogen-bond donors (Lipinski definition) is 2. The molecule has 0 fully saturated rings. The Kier molecular flexibility index (Phi) is 5.04. The number of hydrogen-bond acceptors (Lipinski definition) is 3. The van der Waals surface area contributed by atoms with Gasteiger partial charge in [-0.05, 0) is 24.1 Å². The van der Waals surface area contributed by atoms with E-state index in [2.05, 4.69) is 41.4 Å². The Morgan fingerprint density at radius 1 is 0.821 bits per heavy atom. The van der Waals surface area contributed by atoms with Crippen molar-refractivity contribution in [3.63, 3.8) is 0 Å². The third-order valence-corrected chi connectivity index (χ3v) is 5.07. The van der Waals surface area contributed by atoms with Gasteiger partial charge in [-0.15, -0.1) is 0 Å². The molecule has 0 radical (unpaired) electrons. The van der Waals surface area contributed by atoms with Gasteiger partial charge in [-0.2, -0.15) is 0 Å². The number of fused-ring (bicyclic) bond motifs is 1. The lowest BCUT2D eigenvalue weighted by Crippen LogP contribution is -2.05. The van der Waals surface area contributed by atoms with Crippen LogP contribution < -0.4 is 15.2 Å². The van der Waals surface area contributed by atoms with Crippen LogP contribution in [0.4, 0.5) is 0 Å². The first-order chi connectivity index (χ1) is 13.8. The first kappa shape index (κ1) is 18.1. The number of H-pyrrole nitrogens is 1. The van der Waals surface area contributed by atoms with Gasteiger partial charge in [-0.1, -0.05) is 60.7 Å². The van der Waals surface area contributed by atoms with Crippen LogP contribution in [0.5, 0.6) is 11.5 Å². The average molecular weight is 372 g/mol. The molecule has 0 saturated carbocycles. The van der Waals surface area contributed by atoms with Crippen molar-refractivity contribution < 1.29 is 9.47 Å². The molecule has 1 aromatic heterocycles. The molecule has 0 spiro atoms. The topological polar surface area (TPSA) is 60.3 Å². The van der Waals surface area contributed by atoms with E-state index in [1.807, 2.05) is 30.3 Å². The van der Waals surface area contributed by atoms with Crippen molar-refractivity contribution in [2.75, 3.05) is 20.8 Å². The number of aromatic nitrogens is 1. The fourth-order valence-corrected chi connectivity index (χ4v) is 3.82. The maximum atomic E-state index is 5.91. The van der Waals surface area contributed by atoms with Crippen molar-refractivity contribution in [2.45, 2.75) is 6.42 Å². The highest BCUT2D eigenvalue weighted by Gasteiger charge is 2.23. The van der Waals surface area contributed by atoms with Gasteiger partial charge in [0.25, 0.3) is 0 Å². The molecule has 28 heavy (non-hydrogen) atoms. The Morgan fingerprint density at radius 3 is 2.00 bits per heavy atom. The smallest absolute Gasteiger partial charge is 0.132 e. The molecular formula is C24H24N2O2. The minimum Gasteiger partial charge on any atom is -0.496 e. The van der Waals surface area contributed by atoms with Gasteiger partial charge in [0.2, 0.25) is 0 Å².